The number of hydrogen-bond donors (Lipinski definition) is 0. The minimum absolute atomic E-state index is 0.191. The minimum atomic E-state index is -1.16. The highest BCUT2D eigenvalue weighted by atomic mass is 35.5. The Labute approximate surface area is 242 Å². The molecule has 214 valence electrons. The van der Waals surface area contributed by atoms with Gasteiger partial charge in [0.2, 0.25) is 5.88 Å². The number of fused-ring (bicyclic) bond motifs is 1. The van der Waals surface area contributed by atoms with Gasteiger partial charge in [0, 0.05) is 38.1 Å². The van der Waals surface area contributed by atoms with Crippen LogP contribution in [0.25, 0.3) is 11.1 Å². The van der Waals surface area contributed by atoms with Gasteiger partial charge in [-0.15, -0.1) is 11.6 Å². The Balaban J connectivity index is 1.68. The summed E-state index contributed by atoms with van der Waals surface area (Å²) in [6.07, 6.45) is 1.24. The molecule has 0 amide bonds. The van der Waals surface area contributed by atoms with Crippen molar-refractivity contribution in [1.29, 1.82) is 0 Å². The summed E-state index contributed by atoms with van der Waals surface area (Å²) in [6.45, 7) is 10.4. The third-order valence-electron chi connectivity index (χ3n) is 6.50. The van der Waals surface area contributed by atoms with Gasteiger partial charge in [-0.05, 0) is 48.4 Å². The second-order valence-corrected chi connectivity index (χ2v) is 16.6. The van der Waals surface area contributed by atoms with Gasteiger partial charge >= 0.3 is 6.01 Å². The van der Waals surface area contributed by atoms with E-state index in [0.29, 0.717) is 36.5 Å². The summed E-state index contributed by atoms with van der Waals surface area (Å²) >= 11 is 5.78. The van der Waals surface area contributed by atoms with Gasteiger partial charge in [-0.3, -0.25) is 0 Å². The van der Waals surface area contributed by atoms with Gasteiger partial charge in [-0.1, -0.05) is 31.8 Å². The molecule has 0 aliphatic carbocycles. The SMILES string of the molecule is COc1ncc(C2=C(C)c3ccc(OCOCC[Si](C)(C)C)cc3OC2c2ccc(OCCCl)cc2)c(OC)n1. The van der Waals surface area contributed by atoms with Crippen molar-refractivity contribution in [3.05, 3.63) is 65.4 Å². The maximum atomic E-state index is 6.67. The number of hydrogen-bond acceptors (Lipinski definition) is 8. The van der Waals surface area contributed by atoms with Crippen molar-refractivity contribution in [3.63, 3.8) is 0 Å². The molecule has 0 saturated heterocycles. The number of ether oxygens (including phenoxy) is 6. The lowest BCUT2D eigenvalue weighted by molar-refractivity contribution is 0.0219. The number of alkyl halides is 1. The average molecular weight is 585 g/mol. The number of benzene rings is 2. The van der Waals surface area contributed by atoms with Gasteiger partial charge < -0.3 is 28.4 Å². The maximum Gasteiger partial charge on any atom is 0.319 e. The molecule has 1 atom stereocenters. The lowest BCUT2D eigenvalue weighted by atomic mass is 9.87. The largest absolute Gasteiger partial charge is 0.492 e. The van der Waals surface area contributed by atoms with Crippen LogP contribution in [-0.4, -0.2) is 58.1 Å². The van der Waals surface area contributed by atoms with E-state index in [1.807, 2.05) is 42.5 Å². The first-order valence-electron chi connectivity index (χ1n) is 13.2. The monoisotopic (exact) mass is 584 g/mol. The Hall–Kier alpha value is -3.27. The van der Waals surface area contributed by atoms with Crippen LogP contribution in [0.1, 0.15) is 29.7 Å². The van der Waals surface area contributed by atoms with E-state index in [4.69, 9.17) is 40.0 Å². The van der Waals surface area contributed by atoms with E-state index < -0.39 is 14.2 Å². The molecule has 1 aliphatic heterocycles. The molecule has 40 heavy (non-hydrogen) atoms. The van der Waals surface area contributed by atoms with Crippen molar-refractivity contribution < 1.29 is 28.4 Å². The maximum absolute atomic E-state index is 6.67. The van der Waals surface area contributed by atoms with Crippen LogP contribution in [0.15, 0.2) is 48.7 Å². The van der Waals surface area contributed by atoms with E-state index >= 15 is 0 Å². The number of rotatable bonds is 13. The lowest BCUT2D eigenvalue weighted by Gasteiger charge is -2.31. The molecular weight excluding hydrogens is 548 g/mol. The van der Waals surface area contributed by atoms with Gasteiger partial charge in [-0.2, -0.15) is 4.98 Å². The minimum Gasteiger partial charge on any atom is -0.492 e. The van der Waals surface area contributed by atoms with Crippen molar-refractivity contribution >= 4 is 30.8 Å². The first kappa shape index (κ1) is 29.7. The summed E-state index contributed by atoms with van der Waals surface area (Å²) in [4.78, 5) is 8.78. The zero-order chi connectivity index (χ0) is 28.7. The molecule has 8 nitrogen and oxygen atoms in total. The quantitative estimate of drug-likeness (QED) is 0.0932. The first-order valence-corrected chi connectivity index (χ1v) is 17.4. The third-order valence-corrected chi connectivity index (χ3v) is 8.36. The van der Waals surface area contributed by atoms with Crippen LogP contribution >= 0.6 is 11.6 Å². The van der Waals surface area contributed by atoms with Crippen LogP contribution in [0.4, 0.5) is 0 Å². The highest BCUT2D eigenvalue weighted by molar-refractivity contribution is 6.76. The van der Waals surface area contributed by atoms with E-state index in [2.05, 4.69) is 36.5 Å². The van der Waals surface area contributed by atoms with Crippen LogP contribution in [0.2, 0.25) is 25.7 Å². The van der Waals surface area contributed by atoms with Gasteiger partial charge in [-0.25, -0.2) is 4.98 Å². The second kappa shape index (κ2) is 13.4. The van der Waals surface area contributed by atoms with Gasteiger partial charge in [0.05, 0.1) is 25.7 Å². The van der Waals surface area contributed by atoms with Crippen molar-refractivity contribution in [1.82, 2.24) is 9.97 Å². The van der Waals surface area contributed by atoms with Gasteiger partial charge in [0.1, 0.15) is 30.0 Å². The zero-order valence-corrected chi connectivity index (χ0v) is 25.7. The predicted octanol–water partition coefficient (Wildman–Crippen LogP) is 6.87. The molecule has 0 fully saturated rings. The molecule has 1 aliphatic rings. The van der Waals surface area contributed by atoms with E-state index in [1.54, 1.807) is 13.3 Å². The van der Waals surface area contributed by atoms with Crippen molar-refractivity contribution in [2.75, 3.05) is 40.1 Å². The lowest BCUT2D eigenvalue weighted by Crippen LogP contribution is -2.22. The molecule has 0 saturated carbocycles. The van der Waals surface area contributed by atoms with Crippen molar-refractivity contribution in [2.45, 2.75) is 38.7 Å². The molecule has 1 aromatic heterocycles. The molecular formula is C30H37ClN2O6Si. The highest BCUT2D eigenvalue weighted by Crippen LogP contribution is 2.49. The molecule has 0 radical (unpaired) electrons. The van der Waals surface area contributed by atoms with Gasteiger partial charge in [0.15, 0.2) is 6.79 Å². The normalized spacial score (nSPS) is 14.8. The summed E-state index contributed by atoms with van der Waals surface area (Å²) < 4.78 is 34.8. The topological polar surface area (TPSA) is 81.2 Å². The summed E-state index contributed by atoms with van der Waals surface area (Å²) in [5.74, 6) is 2.94. The fourth-order valence-corrected chi connectivity index (χ4v) is 5.17. The predicted molar refractivity (Wildman–Crippen MR) is 160 cm³/mol. The van der Waals surface area contributed by atoms with E-state index in [0.717, 1.165) is 39.6 Å². The summed E-state index contributed by atoms with van der Waals surface area (Å²) in [5, 5.41) is 0. The Morgan fingerprint density at radius 3 is 2.35 bits per heavy atom. The fraction of sp³-hybridized carbons (Fsp3) is 0.400. The number of nitrogens with zero attached hydrogens (tertiary/aromatic N) is 2. The van der Waals surface area contributed by atoms with Crippen LogP contribution in [0, 0.1) is 0 Å². The van der Waals surface area contributed by atoms with Gasteiger partial charge in [0.25, 0.3) is 0 Å². The third kappa shape index (κ3) is 7.27. The summed E-state index contributed by atoms with van der Waals surface area (Å²) in [5.41, 5.74) is 4.49. The van der Waals surface area contributed by atoms with Crippen LogP contribution < -0.4 is 23.7 Å². The van der Waals surface area contributed by atoms with E-state index in [1.165, 1.54) is 7.11 Å². The molecule has 0 spiro atoms. The number of halogens is 1. The second-order valence-electron chi connectivity index (χ2n) is 10.6. The molecule has 0 N–H and O–H groups in total. The molecule has 3 aromatic rings. The molecule has 1 unspecified atom stereocenters. The Morgan fingerprint density at radius 1 is 0.925 bits per heavy atom. The Kier molecular flexibility index (Phi) is 9.94. The first-order chi connectivity index (χ1) is 19.2. The number of aromatic nitrogens is 2. The molecule has 0 bridgehead atoms. The summed E-state index contributed by atoms with van der Waals surface area (Å²) in [7, 11) is 1.94. The van der Waals surface area contributed by atoms with Crippen LogP contribution in [0.3, 0.4) is 0 Å². The average Bonchev–Trinajstić information content (AvgIpc) is 2.95. The zero-order valence-electron chi connectivity index (χ0n) is 24.0. The fourth-order valence-electron chi connectivity index (χ4n) is 4.34. The standard InChI is InChI=1S/C30H37ClN2O6Si/c1-20-24-12-11-23(38-19-36-15-16-40(4,5)6)17-26(24)39-28(21-7-9-22(10-8-21)37-14-13-31)27(20)25-18-32-30(35-3)33-29(25)34-2/h7-12,17-18,28H,13-16,19H2,1-6H3. The van der Waals surface area contributed by atoms with Crippen molar-refractivity contribution in [2.24, 2.45) is 0 Å². The highest BCUT2D eigenvalue weighted by Gasteiger charge is 2.32. The van der Waals surface area contributed by atoms with E-state index in [9.17, 15) is 0 Å². The molecule has 4 rings (SSSR count). The van der Waals surface area contributed by atoms with Crippen LogP contribution in [-0.2, 0) is 4.74 Å². The van der Waals surface area contributed by atoms with E-state index in [-0.39, 0.29) is 12.8 Å². The Bertz CT molecular complexity index is 1330. The van der Waals surface area contributed by atoms with Crippen LogP contribution in [0.5, 0.6) is 29.1 Å². The molecule has 10 heteroatoms. The Morgan fingerprint density at radius 2 is 1.68 bits per heavy atom. The number of methoxy groups -OCH3 is 2. The molecule has 2 heterocycles. The summed E-state index contributed by atoms with van der Waals surface area (Å²) in [6, 6.07) is 14.9. The smallest absolute Gasteiger partial charge is 0.319 e. The van der Waals surface area contributed by atoms with Crippen molar-refractivity contribution in [3.8, 4) is 29.1 Å². The number of allylic oxidation sites excluding steroid dienone is 1. The molecule has 2 aromatic carbocycles.